The monoisotopic (exact) mass is 230 g/mol. The predicted octanol–water partition coefficient (Wildman–Crippen LogP) is -0.432. The van der Waals surface area contributed by atoms with Gasteiger partial charge in [0.15, 0.2) is 5.03 Å². The summed E-state index contributed by atoms with van der Waals surface area (Å²) < 4.78 is 26.1. The summed E-state index contributed by atoms with van der Waals surface area (Å²) in [6.45, 7) is 0. The van der Waals surface area contributed by atoms with E-state index in [1.807, 2.05) is 0 Å². The number of H-pyrrole nitrogens is 1. The standard InChI is InChI=1S/C8H14N4O2S/c9-6-2-1-3-7(6)12-15(13,14)8-4-10-5-11-8/h4-7,12H,1-3,9H2,(H,10,11). The van der Waals surface area contributed by atoms with Crippen molar-refractivity contribution >= 4 is 10.0 Å². The molecule has 1 saturated carbocycles. The number of sulfonamides is 1. The van der Waals surface area contributed by atoms with Crippen molar-refractivity contribution in [3.05, 3.63) is 12.5 Å². The molecular weight excluding hydrogens is 216 g/mol. The van der Waals surface area contributed by atoms with Gasteiger partial charge in [0.05, 0.1) is 12.5 Å². The number of nitrogens with zero attached hydrogens (tertiary/aromatic N) is 1. The van der Waals surface area contributed by atoms with Crippen LogP contribution in [0.2, 0.25) is 0 Å². The maximum absolute atomic E-state index is 11.8. The topological polar surface area (TPSA) is 101 Å². The van der Waals surface area contributed by atoms with Gasteiger partial charge in [0.1, 0.15) is 0 Å². The van der Waals surface area contributed by atoms with Gasteiger partial charge in [-0.2, -0.15) is 0 Å². The largest absolute Gasteiger partial charge is 0.335 e. The Morgan fingerprint density at radius 3 is 2.87 bits per heavy atom. The highest BCUT2D eigenvalue weighted by molar-refractivity contribution is 7.89. The van der Waals surface area contributed by atoms with E-state index in [0.29, 0.717) is 0 Å². The Morgan fingerprint density at radius 2 is 2.33 bits per heavy atom. The third-order valence-electron chi connectivity index (χ3n) is 2.64. The fraction of sp³-hybridized carbons (Fsp3) is 0.625. The van der Waals surface area contributed by atoms with Crippen molar-refractivity contribution < 1.29 is 8.42 Å². The van der Waals surface area contributed by atoms with Crippen LogP contribution in [0.5, 0.6) is 0 Å². The zero-order chi connectivity index (χ0) is 10.9. The number of hydrogen-bond donors (Lipinski definition) is 3. The Hall–Kier alpha value is -0.920. The van der Waals surface area contributed by atoms with Gasteiger partial charge in [-0.25, -0.2) is 18.1 Å². The first-order valence-corrected chi connectivity index (χ1v) is 6.34. The van der Waals surface area contributed by atoms with E-state index in [-0.39, 0.29) is 17.1 Å². The first-order valence-electron chi connectivity index (χ1n) is 4.86. The lowest BCUT2D eigenvalue weighted by molar-refractivity contribution is 0.520. The van der Waals surface area contributed by atoms with Crippen LogP contribution in [0, 0.1) is 0 Å². The zero-order valence-electron chi connectivity index (χ0n) is 8.18. The highest BCUT2D eigenvalue weighted by Gasteiger charge is 2.29. The van der Waals surface area contributed by atoms with Crippen molar-refractivity contribution in [1.82, 2.24) is 14.7 Å². The number of imidazole rings is 1. The van der Waals surface area contributed by atoms with Crippen LogP contribution in [0.25, 0.3) is 0 Å². The molecule has 7 heteroatoms. The van der Waals surface area contributed by atoms with Crippen LogP contribution in [0.4, 0.5) is 0 Å². The lowest BCUT2D eigenvalue weighted by atomic mass is 10.2. The first kappa shape index (κ1) is 10.6. The maximum Gasteiger partial charge on any atom is 0.257 e. The van der Waals surface area contributed by atoms with E-state index in [2.05, 4.69) is 14.7 Å². The number of nitrogens with two attached hydrogens (primary N) is 1. The smallest absolute Gasteiger partial charge is 0.257 e. The summed E-state index contributed by atoms with van der Waals surface area (Å²) in [6.07, 6.45) is 5.26. The van der Waals surface area contributed by atoms with Crippen LogP contribution in [0.1, 0.15) is 19.3 Å². The van der Waals surface area contributed by atoms with Crippen molar-refractivity contribution in [2.75, 3.05) is 0 Å². The number of rotatable bonds is 3. The molecule has 1 heterocycles. The minimum absolute atomic E-state index is 0.0808. The number of aromatic amines is 1. The Morgan fingerprint density at radius 1 is 1.53 bits per heavy atom. The highest BCUT2D eigenvalue weighted by Crippen LogP contribution is 2.18. The van der Waals surface area contributed by atoms with Gasteiger partial charge in [-0.15, -0.1) is 0 Å². The summed E-state index contributed by atoms with van der Waals surface area (Å²) in [5.74, 6) is 0. The van der Waals surface area contributed by atoms with Crippen molar-refractivity contribution in [3.63, 3.8) is 0 Å². The molecule has 1 fully saturated rings. The molecule has 0 spiro atoms. The number of aromatic nitrogens is 2. The Labute approximate surface area is 88.3 Å². The minimum atomic E-state index is -3.48. The van der Waals surface area contributed by atoms with Gasteiger partial charge in [0.25, 0.3) is 10.0 Å². The van der Waals surface area contributed by atoms with E-state index in [1.165, 1.54) is 12.5 Å². The van der Waals surface area contributed by atoms with E-state index in [4.69, 9.17) is 5.73 Å². The van der Waals surface area contributed by atoms with Gasteiger partial charge in [-0.3, -0.25) is 0 Å². The van der Waals surface area contributed by atoms with Crippen LogP contribution in [-0.2, 0) is 10.0 Å². The lowest BCUT2D eigenvalue weighted by Gasteiger charge is -2.16. The summed E-state index contributed by atoms with van der Waals surface area (Å²) in [4.78, 5) is 6.24. The average molecular weight is 230 g/mol. The molecule has 0 aliphatic heterocycles. The van der Waals surface area contributed by atoms with Gasteiger partial charge < -0.3 is 10.7 Å². The predicted molar refractivity (Wildman–Crippen MR) is 54.5 cm³/mol. The van der Waals surface area contributed by atoms with Gasteiger partial charge in [0, 0.05) is 12.1 Å². The molecule has 1 aromatic rings. The fourth-order valence-electron chi connectivity index (χ4n) is 1.79. The SMILES string of the molecule is NC1CCCC1NS(=O)(=O)c1cnc[nH]1. The van der Waals surface area contributed by atoms with Crippen molar-refractivity contribution in [2.45, 2.75) is 36.4 Å². The van der Waals surface area contributed by atoms with Gasteiger partial charge in [-0.1, -0.05) is 6.42 Å². The Balaban J connectivity index is 2.11. The van der Waals surface area contributed by atoms with Crippen molar-refractivity contribution in [1.29, 1.82) is 0 Å². The molecule has 1 aliphatic carbocycles. The van der Waals surface area contributed by atoms with Crippen LogP contribution in [0.15, 0.2) is 17.6 Å². The summed E-state index contributed by atoms with van der Waals surface area (Å²) in [7, 11) is -3.48. The highest BCUT2D eigenvalue weighted by atomic mass is 32.2. The van der Waals surface area contributed by atoms with Crippen LogP contribution >= 0.6 is 0 Å². The lowest BCUT2D eigenvalue weighted by Crippen LogP contribution is -2.43. The van der Waals surface area contributed by atoms with E-state index >= 15 is 0 Å². The second-order valence-corrected chi connectivity index (χ2v) is 5.42. The molecule has 15 heavy (non-hydrogen) atoms. The molecule has 2 unspecified atom stereocenters. The molecular formula is C8H14N4O2S. The Kier molecular flexibility index (Phi) is 2.76. The molecule has 2 atom stereocenters. The van der Waals surface area contributed by atoms with Crippen LogP contribution in [-0.4, -0.2) is 30.5 Å². The molecule has 84 valence electrons. The van der Waals surface area contributed by atoms with Crippen molar-refractivity contribution in [2.24, 2.45) is 5.73 Å². The quantitative estimate of drug-likeness (QED) is 0.655. The zero-order valence-corrected chi connectivity index (χ0v) is 9.00. The number of hydrogen-bond acceptors (Lipinski definition) is 4. The maximum atomic E-state index is 11.8. The van der Waals surface area contributed by atoms with E-state index in [1.54, 1.807) is 0 Å². The van der Waals surface area contributed by atoms with Gasteiger partial charge >= 0.3 is 0 Å². The fourth-order valence-corrected chi connectivity index (χ4v) is 3.01. The summed E-state index contributed by atoms with van der Waals surface area (Å²) in [5.41, 5.74) is 5.79. The first-order chi connectivity index (χ1) is 7.09. The summed E-state index contributed by atoms with van der Waals surface area (Å²) in [6, 6.07) is -0.235. The molecule has 0 amide bonds. The molecule has 6 nitrogen and oxygen atoms in total. The van der Waals surface area contributed by atoms with E-state index in [9.17, 15) is 8.42 Å². The molecule has 0 aromatic carbocycles. The average Bonchev–Trinajstić information content (AvgIpc) is 2.77. The summed E-state index contributed by atoms with van der Waals surface area (Å²) in [5, 5.41) is 0.0848. The van der Waals surface area contributed by atoms with Gasteiger partial charge in [0.2, 0.25) is 0 Å². The van der Waals surface area contributed by atoms with Crippen LogP contribution in [0.3, 0.4) is 0 Å². The Bertz CT molecular complexity index is 414. The normalized spacial score (nSPS) is 27.0. The number of nitrogens with one attached hydrogen (secondary N) is 2. The molecule has 0 radical (unpaired) electrons. The molecule has 2 rings (SSSR count). The summed E-state index contributed by atoms with van der Waals surface area (Å²) >= 11 is 0. The minimum Gasteiger partial charge on any atom is -0.335 e. The van der Waals surface area contributed by atoms with E-state index < -0.39 is 10.0 Å². The second kappa shape index (κ2) is 3.92. The molecule has 1 aromatic heterocycles. The third-order valence-corrected chi connectivity index (χ3v) is 4.05. The molecule has 1 aliphatic rings. The molecule has 0 bridgehead atoms. The van der Waals surface area contributed by atoms with Crippen molar-refractivity contribution in [3.8, 4) is 0 Å². The molecule has 4 N–H and O–H groups in total. The van der Waals surface area contributed by atoms with E-state index in [0.717, 1.165) is 19.3 Å². The second-order valence-electron chi connectivity index (χ2n) is 3.74. The van der Waals surface area contributed by atoms with Crippen LogP contribution < -0.4 is 10.5 Å². The van der Waals surface area contributed by atoms with Gasteiger partial charge in [-0.05, 0) is 12.8 Å². The molecule has 0 saturated heterocycles. The third kappa shape index (κ3) is 2.19.